The van der Waals surface area contributed by atoms with E-state index in [0.717, 1.165) is 11.3 Å². The fourth-order valence-electron chi connectivity index (χ4n) is 2.10. The van der Waals surface area contributed by atoms with Crippen molar-refractivity contribution in [1.82, 2.24) is 10.3 Å². The first-order valence-electron chi connectivity index (χ1n) is 6.09. The Labute approximate surface area is 112 Å². The lowest BCUT2D eigenvalue weighted by molar-refractivity contribution is 0.401. The molecule has 0 aliphatic rings. The second-order valence-electron chi connectivity index (χ2n) is 4.32. The topological polar surface area (TPSA) is 34.2 Å². The first kappa shape index (κ1) is 13.5. The number of halogens is 1. The van der Waals surface area contributed by atoms with Crippen molar-refractivity contribution in [2.45, 2.75) is 13.0 Å². The molecule has 0 bridgehead atoms. The van der Waals surface area contributed by atoms with E-state index in [1.54, 1.807) is 26.3 Å². The van der Waals surface area contributed by atoms with Crippen molar-refractivity contribution in [3.05, 3.63) is 59.2 Å². The van der Waals surface area contributed by atoms with Gasteiger partial charge in [0.2, 0.25) is 0 Å². The number of rotatable bonds is 4. The molecule has 0 spiro atoms. The molecular weight excluding hydrogens is 243 g/mol. The first-order chi connectivity index (χ1) is 9.17. The molecule has 1 aromatic heterocycles. The second-order valence-corrected chi connectivity index (χ2v) is 4.32. The third-order valence-electron chi connectivity index (χ3n) is 3.10. The predicted octanol–water partition coefficient (Wildman–Crippen LogP) is 2.85. The molecule has 1 unspecified atom stereocenters. The maximum absolute atomic E-state index is 13.4. The molecular formula is C15H17FN2O. The van der Waals surface area contributed by atoms with Gasteiger partial charge in [-0.15, -0.1) is 0 Å². The van der Waals surface area contributed by atoms with Crippen molar-refractivity contribution in [3.63, 3.8) is 0 Å². The summed E-state index contributed by atoms with van der Waals surface area (Å²) in [6, 6.07) is 8.62. The van der Waals surface area contributed by atoms with E-state index < -0.39 is 0 Å². The summed E-state index contributed by atoms with van der Waals surface area (Å²) in [4.78, 5) is 4.37. The third kappa shape index (κ3) is 2.74. The Kier molecular flexibility index (Phi) is 4.12. The molecule has 0 radical (unpaired) electrons. The molecule has 0 fully saturated rings. The average Bonchev–Trinajstić information content (AvgIpc) is 2.44. The number of pyridine rings is 1. The van der Waals surface area contributed by atoms with Crippen LogP contribution in [0, 0.1) is 12.7 Å². The lowest BCUT2D eigenvalue weighted by atomic mass is 10.0. The molecule has 0 saturated carbocycles. The minimum Gasteiger partial charge on any atom is -0.495 e. The summed E-state index contributed by atoms with van der Waals surface area (Å²) in [7, 11) is 3.46. The van der Waals surface area contributed by atoms with E-state index in [-0.39, 0.29) is 11.9 Å². The van der Waals surface area contributed by atoms with Crippen LogP contribution in [0.4, 0.5) is 4.39 Å². The molecule has 3 nitrogen and oxygen atoms in total. The number of nitrogens with one attached hydrogen (secondary N) is 1. The largest absolute Gasteiger partial charge is 0.495 e. The number of aromatic nitrogens is 1. The Morgan fingerprint density at radius 1 is 1.32 bits per heavy atom. The van der Waals surface area contributed by atoms with E-state index in [1.165, 1.54) is 6.07 Å². The van der Waals surface area contributed by atoms with Crippen molar-refractivity contribution < 1.29 is 9.13 Å². The third-order valence-corrected chi connectivity index (χ3v) is 3.10. The molecule has 1 N–H and O–H groups in total. The van der Waals surface area contributed by atoms with E-state index in [1.807, 2.05) is 25.2 Å². The van der Waals surface area contributed by atoms with Gasteiger partial charge in [-0.1, -0.05) is 12.1 Å². The van der Waals surface area contributed by atoms with Crippen LogP contribution in [0.25, 0.3) is 0 Å². The van der Waals surface area contributed by atoms with Crippen LogP contribution in [0.1, 0.15) is 22.9 Å². The standard InChI is InChI=1S/C15H17FN2O/c1-10-9-11(6-7-12(10)16)14(17-2)15-13(19-3)5-4-8-18-15/h4-9,14,17H,1-3H3. The van der Waals surface area contributed by atoms with E-state index in [4.69, 9.17) is 4.74 Å². The number of benzene rings is 1. The highest BCUT2D eigenvalue weighted by Crippen LogP contribution is 2.28. The second kappa shape index (κ2) is 5.80. The smallest absolute Gasteiger partial charge is 0.142 e. The molecule has 100 valence electrons. The van der Waals surface area contributed by atoms with Gasteiger partial charge in [0.1, 0.15) is 17.3 Å². The minimum atomic E-state index is -0.202. The lowest BCUT2D eigenvalue weighted by Crippen LogP contribution is -2.20. The van der Waals surface area contributed by atoms with Gasteiger partial charge < -0.3 is 10.1 Å². The Balaban J connectivity index is 2.46. The van der Waals surface area contributed by atoms with Crippen molar-refractivity contribution in [1.29, 1.82) is 0 Å². The predicted molar refractivity (Wildman–Crippen MR) is 72.8 cm³/mol. The van der Waals surface area contributed by atoms with Crippen LogP contribution in [0.2, 0.25) is 0 Å². The van der Waals surface area contributed by atoms with Gasteiger partial charge in [-0.05, 0) is 43.3 Å². The average molecular weight is 260 g/mol. The molecule has 0 saturated heterocycles. The van der Waals surface area contributed by atoms with E-state index >= 15 is 0 Å². The van der Waals surface area contributed by atoms with Crippen molar-refractivity contribution >= 4 is 0 Å². The van der Waals surface area contributed by atoms with Crippen LogP contribution < -0.4 is 10.1 Å². The quantitative estimate of drug-likeness (QED) is 0.918. The highest BCUT2D eigenvalue weighted by atomic mass is 19.1. The van der Waals surface area contributed by atoms with Crippen LogP contribution in [-0.4, -0.2) is 19.1 Å². The SMILES string of the molecule is CNC(c1ccc(F)c(C)c1)c1ncccc1OC. The summed E-state index contributed by atoms with van der Waals surface area (Å²) in [5.41, 5.74) is 2.37. The van der Waals surface area contributed by atoms with Gasteiger partial charge in [0.05, 0.1) is 13.2 Å². The number of hydrogen-bond donors (Lipinski definition) is 1. The van der Waals surface area contributed by atoms with E-state index in [2.05, 4.69) is 10.3 Å². The van der Waals surface area contributed by atoms with Crippen molar-refractivity contribution in [2.24, 2.45) is 0 Å². The Morgan fingerprint density at radius 3 is 2.74 bits per heavy atom. The summed E-state index contributed by atoms with van der Waals surface area (Å²) < 4.78 is 18.7. The number of nitrogens with zero attached hydrogens (tertiary/aromatic N) is 1. The molecule has 0 aliphatic carbocycles. The van der Waals surface area contributed by atoms with E-state index in [0.29, 0.717) is 11.3 Å². The summed E-state index contributed by atoms with van der Waals surface area (Å²) in [6.07, 6.45) is 1.72. The number of ether oxygens (including phenoxy) is 1. The first-order valence-corrected chi connectivity index (χ1v) is 6.09. The molecule has 1 heterocycles. The lowest BCUT2D eigenvalue weighted by Gasteiger charge is -2.19. The van der Waals surface area contributed by atoms with Gasteiger partial charge in [-0.2, -0.15) is 0 Å². The van der Waals surface area contributed by atoms with Crippen molar-refractivity contribution in [2.75, 3.05) is 14.2 Å². The normalized spacial score (nSPS) is 12.2. The van der Waals surface area contributed by atoms with Crippen LogP contribution in [0.15, 0.2) is 36.5 Å². The van der Waals surface area contributed by atoms with Gasteiger partial charge in [0, 0.05) is 6.20 Å². The molecule has 1 atom stereocenters. The van der Waals surface area contributed by atoms with Gasteiger partial charge >= 0.3 is 0 Å². The molecule has 4 heteroatoms. The molecule has 19 heavy (non-hydrogen) atoms. The number of methoxy groups -OCH3 is 1. The Hall–Kier alpha value is -1.94. The summed E-state index contributed by atoms with van der Waals surface area (Å²) in [5.74, 6) is 0.510. The molecule has 0 amide bonds. The zero-order chi connectivity index (χ0) is 13.8. The fraction of sp³-hybridized carbons (Fsp3) is 0.267. The maximum Gasteiger partial charge on any atom is 0.142 e. The van der Waals surface area contributed by atoms with Crippen molar-refractivity contribution in [3.8, 4) is 5.75 Å². The monoisotopic (exact) mass is 260 g/mol. The zero-order valence-electron chi connectivity index (χ0n) is 11.3. The van der Waals surface area contributed by atoms with Crippen LogP contribution in [0.3, 0.4) is 0 Å². The molecule has 2 rings (SSSR count). The minimum absolute atomic E-state index is 0.129. The maximum atomic E-state index is 13.4. The summed E-state index contributed by atoms with van der Waals surface area (Å²) in [5, 5.41) is 3.19. The molecule has 2 aromatic rings. The van der Waals surface area contributed by atoms with E-state index in [9.17, 15) is 4.39 Å². The fourth-order valence-corrected chi connectivity index (χ4v) is 2.10. The van der Waals surface area contributed by atoms with Gasteiger partial charge in [0.25, 0.3) is 0 Å². The highest BCUT2D eigenvalue weighted by molar-refractivity contribution is 5.38. The van der Waals surface area contributed by atoms with Gasteiger partial charge in [0.15, 0.2) is 0 Å². The zero-order valence-corrected chi connectivity index (χ0v) is 11.3. The van der Waals surface area contributed by atoms with Gasteiger partial charge in [-0.25, -0.2) is 4.39 Å². The molecule has 0 aliphatic heterocycles. The number of hydrogen-bond acceptors (Lipinski definition) is 3. The summed E-state index contributed by atoms with van der Waals surface area (Å²) >= 11 is 0. The highest BCUT2D eigenvalue weighted by Gasteiger charge is 2.18. The van der Waals surface area contributed by atoms with Gasteiger partial charge in [-0.3, -0.25) is 4.98 Å². The number of aryl methyl sites for hydroxylation is 1. The Bertz CT molecular complexity index is 572. The summed E-state index contributed by atoms with van der Waals surface area (Å²) in [6.45, 7) is 1.75. The van der Waals surface area contributed by atoms with Crippen LogP contribution >= 0.6 is 0 Å². The van der Waals surface area contributed by atoms with Crippen LogP contribution in [-0.2, 0) is 0 Å². The van der Waals surface area contributed by atoms with Crippen LogP contribution in [0.5, 0.6) is 5.75 Å². The molecule has 1 aromatic carbocycles. The Morgan fingerprint density at radius 2 is 2.11 bits per heavy atom.